The zero-order valence-electron chi connectivity index (χ0n) is 11.8. The largest absolute Gasteiger partial charge is 0.300 e. The first-order valence-electron chi connectivity index (χ1n) is 6.95. The molecule has 0 aromatic rings. The molecule has 2 atom stereocenters. The van der Waals surface area contributed by atoms with E-state index in [1.165, 1.54) is 38.8 Å². The lowest BCUT2D eigenvalue weighted by Gasteiger charge is -2.30. The van der Waals surface area contributed by atoms with Crippen molar-refractivity contribution in [2.24, 2.45) is 5.92 Å². The molecule has 1 fully saturated rings. The Morgan fingerprint density at radius 1 is 1.06 bits per heavy atom. The van der Waals surface area contributed by atoms with Crippen molar-refractivity contribution in [3.05, 3.63) is 11.1 Å². The Bertz CT molecular complexity index is 236. The van der Waals surface area contributed by atoms with E-state index in [1.54, 1.807) is 11.1 Å². The summed E-state index contributed by atoms with van der Waals surface area (Å²) < 4.78 is 0. The van der Waals surface area contributed by atoms with Crippen molar-refractivity contribution in [3.63, 3.8) is 0 Å². The highest BCUT2D eigenvalue weighted by Gasteiger charge is 2.22. The minimum absolute atomic E-state index is 0.752. The predicted molar refractivity (Wildman–Crippen MR) is 72.7 cm³/mol. The third-order valence-corrected chi connectivity index (χ3v) is 4.43. The Kier molecular flexibility index (Phi) is 5.54. The van der Waals surface area contributed by atoms with E-state index in [-0.39, 0.29) is 0 Å². The Balaban J connectivity index is 2.47. The van der Waals surface area contributed by atoms with E-state index < -0.39 is 0 Å². The van der Waals surface area contributed by atoms with Crippen LogP contribution in [-0.2, 0) is 0 Å². The molecule has 1 nitrogen and oxygen atoms in total. The number of likely N-dealkylation sites (tertiary alicyclic amines) is 1. The van der Waals surface area contributed by atoms with Crippen molar-refractivity contribution in [2.45, 2.75) is 66.3 Å². The quantitative estimate of drug-likeness (QED) is 0.630. The van der Waals surface area contributed by atoms with Crippen molar-refractivity contribution in [2.75, 3.05) is 13.1 Å². The molecule has 1 aliphatic heterocycles. The summed E-state index contributed by atoms with van der Waals surface area (Å²) in [5.74, 6) is 0.791. The zero-order chi connectivity index (χ0) is 12.1. The number of rotatable bonds is 5. The van der Waals surface area contributed by atoms with E-state index in [4.69, 9.17) is 0 Å². The van der Waals surface area contributed by atoms with Crippen molar-refractivity contribution < 1.29 is 0 Å². The van der Waals surface area contributed by atoms with Gasteiger partial charge in [0, 0.05) is 6.04 Å². The molecule has 1 saturated heterocycles. The van der Waals surface area contributed by atoms with Gasteiger partial charge in [-0.05, 0) is 65.5 Å². The zero-order valence-corrected chi connectivity index (χ0v) is 11.8. The van der Waals surface area contributed by atoms with Crippen LogP contribution in [0.3, 0.4) is 0 Å². The maximum atomic E-state index is 2.67. The van der Waals surface area contributed by atoms with Crippen LogP contribution in [0, 0.1) is 5.92 Å². The van der Waals surface area contributed by atoms with Crippen LogP contribution in [0.15, 0.2) is 11.1 Å². The maximum Gasteiger partial charge on any atom is 0.00956 e. The van der Waals surface area contributed by atoms with Gasteiger partial charge in [-0.2, -0.15) is 0 Å². The van der Waals surface area contributed by atoms with Gasteiger partial charge >= 0.3 is 0 Å². The van der Waals surface area contributed by atoms with Crippen LogP contribution in [0.2, 0.25) is 0 Å². The Hall–Kier alpha value is -0.300. The molecule has 0 radical (unpaired) electrons. The topological polar surface area (TPSA) is 3.24 Å². The standard InChI is InChI=1S/C15H29N/c1-6-12(2)13(3)11-14(4)15(5)16-9-7-8-10-16/h14-15H,6-11H2,1-5H3. The summed E-state index contributed by atoms with van der Waals surface area (Å²) in [6, 6.07) is 0.752. The van der Waals surface area contributed by atoms with Crippen molar-refractivity contribution >= 4 is 0 Å². The molecular formula is C15H29N. The van der Waals surface area contributed by atoms with Crippen molar-refractivity contribution in [1.29, 1.82) is 0 Å². The second-order valence-corrected chi connectivity index (χ2v) is 5.58. The monoisotopic (exact) mass is 223 g/mol. The van der Waals surface area contributed by atoms with E-state index in [0.29, 0.717) is 0 Å². The van der Waals surface area contributed by atoms with E-state index in [1.807, 2.05) is 0 Å². The summed E-state index contributed by atoms with van der Waals surface area (Å²) >= 11 is 0. The number of hydrogen-bond donors (Lipinski definition) is 0. The SMILES string of the molecule is CCC(C)=C(C)CC(C)C(C)N1CCCC1. The normalized spacial score (nSPS) is 23.1. The minimum atomic E-state index is 0.752. The lowest BCUT2D eigenvalue weighted by Crippen LogP contribution is -2.35. The van der Waals surface area contributed by atoms with Crippen LogP contribution in [-0.4, -0.2) is 24.0 Å². The smallest absolute Gasteiger partial charge is 0.00956 e. The average Bonchev–Trinajstić information content (AvgIpc) is 2.79. The first-order valence-corrected chi connectivity index (χ1v) is 6.95. The number of hydrogen-bond acceptors (Lipinski definition) is 1. The van der Waals surface area contributed by atoms with Crippen LogP contribution in [0.25, 0.3) is 0 Å². The van der Waals surface area contributed by atoms with Crippen molar-refractivity contribution in [3.8, 4) is 0 Å². The van der Waals surface area contributed by atoms with Gasteiger partial charge in [-0.1, -0.05) is 25.0 Å². The predicted octanol–water partition coefficient (Wildman–Crippen LogP) is 4.24. The van der Waals surface area contributed by atoms with Gasteiger partial charge in [0.25, 0.3) is 0 Å². The Morgan fingerprint density at radius 2 is 1.62 bits per heavy atom. The van der Waals surface area contributed by atoms with Crippen LogP contribution in [0.4, 0.5) is 0 Å². The highest BCUT2D eigenvalue weighted by atomic mass is 15.2. The van der Waals surface area contributed by atoms with Crippen molar-refractivity contribution in [1.82, 2.24) is 4.90 Å². The van der Waals surface area contributed by atoms with Gasteiger partial charge in [0.2, 0.25) is 0 Å². The molecule has 0 amide bonds. The first kappa shape index (κ1) is 13.8. The van der Waals surface area contributed by atoms with Gasteiger partial charge < -0.3 is 4.90 Å². The Morgan fingerprint density at radius 3 is 2.12 bits per heavy atom. The van der Waals surface area contributed by atoms with E-state index in [9.17, 15) is 0 Å². The summed E-state index contributed by atoms with van der Waals surface area (Å²) in [5.41, 5.74) is 3.20. The van der Waals surface area contributed by atoms with Gasteiger partial charge in [-0.3, -0.25) is 0 Å². The average molecular weight is 223 g/mol. The molecule has 1 heteroatoms. The second kappa shape index (κ2) is 6.44. The fourth-order valence-corrected chi connectivity index (χ4v) is 2.64. The molecule has 0 aliphatic carbocycles. The highest BCUT2D eigenvalue weighted by molar-refractivity contribution is 5.09. The molecule has 16 heavy (non-hydrogen) atoms. The maximum absolute atomic E-state index is 2.67. The van der Waals surface area contributed by atoms with E-state index in [2.05, 4.69) is 39.5 Å². The summed E-state index contributed by atoms with van der Waals surface area (Å²) in [7, 11) is 0. The Labute approximate surface area is 102 Å². The molecule has 1 rings (SSSR count). The molecular weight excluding hydrogens is 194 g/mol. The lowest BCUT2D eigenvalue weighted by molar-refractivity contribution is 0.197. The molecule has 1 aliphatic rings. The molecule has 94 valence electrons. The molecule has 0 bridgehead atoms. The molecule has 2 unspecified atom stereocenters. The first-order chi connectivity index (χ1) is 7.56. The van der Waals surface area contributed by atoms with Crippen LogP contribution in [0.5, 0.6) is 0 Å². The number of allylic oxidation sites excluding steroid dienone is 2. The minimum Gasteiger partial charge on any atom is -0.300 e. The van der Waals surface area contributed by atoms with Gasteiger partial charge in [0.05, 0.1) is 0 Å². The second-order valence-electron chi connectivity index (χ2n) is 5.58. The molecule has 1 heterocycles. The molecule has 0 aromatic carbocycles. The van der Waals surface area contributed by atoms with Gasteiger partial charge in [0.15, 0.2) is 0 Å². The third kappa shape index (κ3) is 3.62. The summed E-state index contributed by atoms with van der Waals surface area (Å²) in [5, 5.41) is 0. The molecule has 0 aromatic heterocycles. The molecule has 0 saturated carbocycles. The van der Waals surface area contributed by atoms with Crippen LogP contribution >= 0.6 is 0 Å². The fraction of sp³-hybridized carbons (Fsp3) is 0.867. The van der Waals surface area contributed by atoms with Gasteiger partial charge in [-0.15, -0.1) is 0 Å². The molecule has 0 N–H and O–H groups in total. The number of nitrogens with zero attached hydrogens (tertiary/aromatic N) is 1. The van der Waals surface area contributed by atoms with E-state index >= 15 is 0 Å². The summed E-state index contributed by atoms with van der Waals surface area (Å²) in [6.07, 6.45) is 5.29. The van der Waals surface area contributed by atoms with E-state index in [0.717, 1.165) is 12.0 Å². The van der Waals surface area contributed by atoms with Crippen LogP contribution in [0.1, 0.15) is 60.3 Å². The van der Waals surface area contributed by atoms with Gasteiger partial charge in [-0.25, -0.2) is 0 Å². The fourth-order valence-electron chi connectivity index (χ4n) is 2.64. The molecule has 0 spiro atoms. The summed E-state index contributed by atoms with van der Waals surface area (Å²) in [6.45, 7) is 14.3. The van der Waals surface area contributed by atoms with Crippen LogP contribution < -0.4 is 0 Å². The van der Waals surface area contributed by atoms with Gasteiger partial charge in [0.1, 0.15) is 0 Å². The lowest BCUT2D eigenvalue weighted by atomic mass is 9.92. The summed E-state index contributed by atoms with van der Waals surface area (Å²) in [4.78, 5) is 2.67. The highest BCUT2D eigenvalue weighted by Crippen LogP contribution is 2.24. The third-order valence-electron chi connectivity index (χ3n) is 4.43.